The van der Waals surface area contributed by atoms with Gasteiger partial charge in [0.2, 0.25) is 10.0 Å². The third-order valence-corrected chi connectivity index (χ3v) is 4.95. The lowest BCUT2D eigenvalue weighted by atomic mass is 10.1. The first-order chi connectivity index (χ1) is 12.7. The Morgan fingerprint density at radius 2 is 1.85 bits per heavy atom. The normalized spacial score (nSPS) is 16.0. The standard InChI is InChI=1S/C18H17N3O5S/c1-11-15(10-12-4-3-5-16(26-2)17(12)22)18(23)21(20-11)13-6-8-14(9-7-13)27(19,24)25/h3-10,22H,1-2H3,(H2,19,24,25)/b15-10+. The Balaban J connectivity index is 1.95. The van der Waals surface area contributed by atoms with Crippen molar-refractivity contribution < 1.29 is 23.1 Å². The van der Waals surface area contributed by atoms with E-state index in [0.29, 0.717) is 28.3 Å². The number of anilines is 1. The summed E-state index contributed by atoms with van der Waals surface area (Å²) < 4.78 is 27.8. The van der Waals surface area contributed by atoms with E-state index in [0.717, 1.165) is 5.01 Å². The maximum Gasteiger partial charge on any atom is 0.280 e. The van der Waals surface area contributed by atoms with Crippen molar-refractivity contribution in [3.05, 3.63) is 53.6 Å². The maximum atomic E-state index is 12.8. The molecule has 1 amide bonds. The van der Waals surface area contributed by atoms with Gasteiger partial charge in [-0.15, -0.1) is 0 Å². The molecule has 1 heterocycles. The summed E-state index contributed by atoms with van der Waals surface area (Å²) in [7, 11) is -2.38. The number of benzene rings is 2. The number of amides is 1. The largest absolute Gasteiger partial charge is 0.504 e. The number of carbonyl (C=O) groups excluding carboxylic acids is 1. The lowest BCUT2D eigenvalue weighted by Gasteiger charge is -2.12. The summed E-state index contributed by atoms with van der Waals surface area (Å²) in [5.41, 5.74) is 1.57. The Morgan fingerprint density at radius 1 is 1.19 bits per heavy atom. The van der Waals surface area contributed by atoms with E-state index in [-0.39, 0.29) is 10.6 Å². The fourth-order valence-electron chi connectivity index (χ4n) is 2.61. The van der Waals surface area contributed by atoms with Gasteiger partial charge >= 0.3 is 0 Å². The molecule has 3 rings (SSSR count). The van der Waals surface area contributed by atoms with E-state index in [4.69, 9.17) is 9.88 Å². The fraction of sp³-hybridized carbons (Fsp3) is 0.111. The molecule has 0 unspecified atom stereocenters. The monoisotopic (exact) mass is 387 g/mol. The highest BCUT2D eigenvalue weighted by Crippen LogP contribution is 2.32. The van der Waals surface area contributed by atoms with Crippen molar-refractivity contribution in [3.63, 3.8) is 0 Å². The molecule has 0 spiro atoms. The third kappa shape index (κ3) is 3.55. The number of ether oxygens (including phenoxy) is 1. The number of nitrogens with zero attached hydrogens (tertiary/aromatic N) is 2. The Labute approximate surface area is 156 Å². The Kier molecular flexibility index (Phi) is 4.73. The highest BCUT2D eigenvalue weighted by atomic mass is 32.2. The van der Waals surface area contributed by atoms with Crippen molar-refractivity contribution in [1.82, 2.24) is 0 Å². The van der Waals surface area contributed by atoms with E-state index < -0.39 is 15.9 Å². The van der Waals surface area contributed by atoms with E-state index in [1.54, 1.807) is 25.1 Å². The highest BCUT2D eigenvalue weighted by molar-refractivity contribution is 7.89. The van der Waals surface area contributed by atoms with Crippen LogP contribution >= 0.6 is 0 Å². The summed E-state index contributed by atoms with van der Waals surface area (Å²) in [6, 6.07) is 10.4. The minimum absolute atomic E-state index is 0.0596. The summed E-state index contributed by atoms with van der Waals surface area (Å²) in [5, 5.41) is 20.7. The van der Waals surface area contributed by atoms with Crippen LogP contribution in [0.2, 0.25) is 0 Å². The smallest absolute Gasteiger partial charge is 0.280 e. The van der Waals surface area contributed by atoms with Crippen molar-refractivity contribution in [2.45, 2.75) is 11.8 Å². The number of sulfonamides is 1. The van der Waals surface area contributed by atoms with E-state index in [1.165, 1.54) is 37.5 Å². The van der Waals surface area contributed by atoms with E-state index >= 15 is 0 Å². The van der Waals surface area contributed by atoms with Gasteiger partial charge in [-0.3, -0.25) is 4.79 Å². The molecule has 9 heteroatoms. The number of carbonyl (C=O) groups is 1. The number of aromatic hydroxyl groups is 1. The van der Waals surface area contributed by atoms with Gasteiger partial charge in [0, 0.05) is 5.56 Å². The zero-order valence-corrected chi connectivity index (χ0v) is 15.4. The molecule has 0 atom stereocenters. The van der Waals surface area contributed by atoms with Gasteiger partial charge in [0.25, 0.3) is 5.91 Å². The topological polar surface area (TPSA) is 122 Å². The molecule has 0 bridgehead atoms. The van der Waals surface area contributed by atoms with Crippen LogP contribution in [0.1, 0.15) is 12.5 Å². The van der Waals surface area contributed by atoms with Gasteiger partial charge in [0.1, 0.15) is 0 Å². The van der Waals surface area contributed by atoms with Gasteiger partial charge in [-0.25, -0.2) is 13.6 Å². The molecule has 2 aromatic carbocycles. The first-order valence-corrected chi connectivity index (χ1v) is 9.37. The van der Waals surface area contributed by atoms with Crippen molar-refractivity contribution in [2.24, 2.45) is 10.2 Å². The zero-order chi connectivity index (χ0) is 19.8. The van der Waals surface area contributed by atoms with Crippen molar-refractivity contribution >= 4 is 33.4 Å². The van der Waals surface area contributed by atoms with E-state index in [9.17, 15) is 18.3 Å². The number of primary sulfonamides is 1. The quantitative estimate of drug-likeness (QED) is 0.775. The molecule has 2 aromatic rings. The first kappa shape index (κ1) is 18.6. The summed E-state index contributed by atoms with van der Waals surface area (Å²) >= 11 is 0. The molecule has 3 N–H and O–H groups in total. The number of hydrogen-bond donors (Lipinski definition) is 2. The Bertz CT molecular complexity index is 1070. The molecule has 0 saturated carbocycles. The molecular weight excluding hydrogens is 370 g/mol. The fourth-order valence-corrected chi connectivity index (χ4v) is 3.13. The molecule has 8 nitrogen and oxygen atoms in total. The molecule has 0 aromatic heterocycles. The van der Waals surface area contributed by atoms with Gasteiger partial charge in [0.05, 0.1) is 29.0 Å². The van der Waals surface area contributed by atoms with E-state index in [1.807, 2.05) is 0 Å². The summed E-state index contributed by atoms with van der Waals surface area (Å²) in [6.45, 7) is 1.67. The minimum Gasteiger partial charge on any atom is -0.504 e. The van der Waals surface area contributed by atoms with Crippen molar-refractivity contribution in [3.8, 4) is 11.5 Å². The first-order valence-electron chi connectivity index (χ1n) is 7.83. The van der Waals surface area contributed by atoms with Crippen LogP contribution in [0.25, 0.3) is 6.08 Å². The lowest BCUT2D eigenvalue weighted by Crippen LogP contribution is -2.21. The van der Waals surface area contributed by atoms with E-state index in [2.05, 4.69) is 5.10 Å². The highest BCUT2D eigenvalue weighted by Gasteiger charge is 2.29. The van der Waals surface area contributed by atoms with Crippen LogP contribution < -0.4 is 14.9 Å². The van der Waals surface area contributed by atoms with Gasteiger partial charge in [-0.2, -0.15) is 10.1 Å². The van der Waals surface area contributed by atoms with Gasteiger partial charge in [0.15, 0.2) is 11.5 Å². The number of hydrazone groups is 1. The summed E-state index contributed by atoms with van der Waals surface area (Å²) in [6.07, 6.45) is 1.53. The summed E-state index contributed by atoms with van der Waals surface area (Å²) in [5.74, 6) is -0.193. The molecule has 0 saturated heterocycles. The van der Waals surface area contributed by atoms with Crippen LogP contribution in [-0.2, 0) is 14.8 Å². The number of para-hydroxylation sites is 1. The van der Waals surface area contributed by atoms with Crippen LogP contribution in [0.4, 0.5) is 5.69 Å². The molecule has 1 aliphatic heterocycles. The lowest BCUT2D eigenvalue weighted by molar-refractivity contribution is -0.114. The van der Waals surface area contributed by atoms with Gasteiger partial charge in [-0.1, -0.05) is 12.1 Å². The number of rotatable bonds is 4. The third-order valence-electron chi connectivity index (χ3n) is 4.02. The number of phenolic OH excluding ortho intramolecular Hbond substituents is 1. The molecule has 0 aliphatic carbocycles. The molecule has 27 heavy (non-hydrogen) atoms. The van der Waals surface area contributed by atoms with Crippen LogP contribution in [0.5, 0.6) is 11.5 Å². The van der Waals surface area contributed by atoms with Crippen LogP contribution in [0, 0.1) is 0 Å². The average Bonchev–Trinajstić information content (AvgIpc) is 2.91. The Hall–Kier alpha value is -3.17. The molecule has 0 radical (unpaired) electrons. The number of hydrogen-bond acceptors (Lipinski definition) is 6. The van der Waals surface area contributed by atoms with Crippen LogP contribution in [0.3, 0.4) is 0 Å². The van der Waals surface area contributed by atoms with Crippen LogP contribution in [-0.4, -0.2) is 32.3 Å². The SMILES string of the molecule is COc1cccc(/C=C2/C(=O)N(c3ccc(S(N)(=O)=O)cc3)N=C2C)c1O. The van der Waals surface area contributed by atoms with Gasteiger partial charge < -0.3 is 9.84 Å². The molecule has 0 fully saturated rings. The molecule has 1 aliphatic rings. The second-order valence-corrected chi connectivity index (χ2v) is 7.36. The second-order valence-electron chi connectivity index (χ2n) is 5.80. The van der Waals surface area contributed by atoms with Crippen molar-refractivity contribution in [1.29, 1.82) is 0 Å². The predicted molar refractivity (Wildman–Crippen MR) is 101 cm³/mol. The number of methoxy groups -OCH3 is 1. The molecule has 140 valence electrons. The molecular formula is C18H17N3O5S. The van der Waals surface area contributed by atoms with Crippen LogP contribution in [0.15, 0.2) is 58.0 Å². The average molecular weight is 387 g/mol. The minimum atomic E-state index is -3.82. The maximum absolute atomic E-state index is 12.8. The van der Waals surface area contributed by atoms with Gasteiger partial charge in [-0.05, 0) is 43.3 Å². The predicted octanol–water partition coefficient (Wildman–Crippen LogP) is 1.85. The second kappa shape index (κ2) is 6.86. The number of nitrogens with two attached hydrogens (primary N) is 1. The Morgan fingerprint density at radius 3 is 2.44 bits per heavy atom. The number of phenols is 1. The zero-order valence-electron chi connectivity index (χ0n) is 14.6. The van der Waals surface area contributed by atoms with Crippen molar-refractivity contribution in [2.75, 3.05) is 12.1 Å². The summed E-state index contributed by atoms with van der Waals surface area (Å²) in [4.78, 5) is 12.7.